The summed E-state index contributed by atoms with van der Waals surface area (Å²) in [5.41, 5.74) is 2.19. The van der Waals surface area contributed by atoms with Gasteiger partial charge in [0.15, 0.2) is 0 Å². The summed E-state index contributed by atoms with van der Waals surface area (Å²) in [7, 11) is 0. The average molecular weight is 286 g/mol. The lowest BCUT2D eigenvalue weighted by Crippen LogP contribution is -2.43. The largest absolute Gasteiger partial charge is 0.393 e. The normalized spacial score (nSPS) is 36.0. The summed E-state index contributed by atoms with van der Waals surface area (Å²) >= 11 is 0. The van der Waals surface area contributed by atoms with E-state index in [1.165, 1.54) is 5.56 Å². The van der Waals surface area contributed by atoms with E-state index in [4.69, 9.17) is 0 Å². The first-order valence-corrected chi connectivity index (χ1v) is 8.03. The average Bonchev–Trinajstić information content (AvgIpc) is 2.98. The number of para-hydroxylation sites is 1. The van der Waals surface area contributed by atoms with Crippen molar-refractivity contribution >= 4 is 11.6 Å². The predicted octanol–water partition coefficient (Wildman–Crippen LogP) is 1.64. The Bertz CT molecular complexity index is 559. The van der Waals surface area contributed by atoms with Crippen LogP contribution in [0.25, 0.3) is 0 Å². The van der Waals surface area contributed by atoms with E-state index in [1.54, 1.807) is 0 Å². The van der Waals surface area contributed by atoms with Crippen molar-refractivity contribution in [1.82, 2.24) is 4.90 Å². The molecule has 0 spiro atoms. The van der Waals surface area contributed by atoms with Crippen LogP contribution in [0.1, 0.15) is 24.8 Å². The van der Waals surface area contributed by atoms with Crippen LogP contribution in [0.2, 0.25) is 0 Å². The zero-order chi connectivity index (χ0) is 14.4. The van der Waals surface area contributed by atoms with Gasteiger partial charge in [-0.15, -0.1) is 0 Å². The molecule has 4 atom stereocenters. The van der Waals surface area contributed by atoms with Crippen LogP contribution in [0.15, 0.2) is 24.3 Å². The van der Waals surface area contributed by atoms with Gasteiger partial charge in [-0.3, -0.25) is 9.69 Å². The summed E-state index contributed by atoms with van der Waals surface area (Å²) in [4.78, 5) is 14.9. The third-order valence-electron chi connectivity index (χ3n) is 5.55. The lowest BCUT2D eigenvalue weighted by molar-refractivity contribution is -0.121. The van der Waals surface area contributed by atoms with Gasteiger partial charge in [-0.25, -0.2) is 0 Å². The van der Waals surface area contributed by atoms with Gasteiger partial charge in [-0.2, -0.15) is 0 Å². The maximum Gasteiger partial charge on any atom is 0.241 e. The summed E-state index contributed by atoms with van der Waals surface area (Å²) in [5.74, 6) is 1.08. The van der Waals surface area contributed by atoms with Crippen molar-refractivity contribution < 1.29 is 9.90 Å². The molecule has 2 heterocycles. The van der Waals surface area contributed by atoms with E-state index in [0.29, 0.717) is 11.8 Å². The Kier molecular flexibility index (Phi) is 3.23. The number of nitrogens with one attached hydrogen (secondary N) is 1. The second kappa shape index (κ2) is 5.11. The summed E-state index contributed by atoms with van der Waals surface area (Å²) < 4.78 is 0. The molecule has 3 aliphatic rings. The number of benzene rings is 1. The minimum atomic E-state index is -0.161. The quantitative estimate of drug-likeness (QED) is 0.825. The van der Waals surface area contributed by atoms with Gasteiger partial charge >= 0.3 is 0 Å². The minimum absolute atomic E-state index is 0.0461. The van der Waals surface area contributed by atoms with Crippen LogP contribution in [0.3, 0.4) is 0 Å². The van der Waals surface area contributed by atoms with E-state index in [0.717, 1.165) is 44.5 Å². The van der Waals surface area contributed by atoms with Crippen molar-refractivity contribution in [3.8, 4) is 0 Å². The molecular formula is C17H22N2O2. The maximum absolute atomic E-state index is 12.5. The van der Waals surface area contributed by atoms with Crippen LogP contribution in [0.4, 0.5) is 5.69 Å². The molecule has 0 aromatic heterocycles. The van der Waals surface area contributed by atoms with E-state index in [1.807, 2.05) is 18.2 Å². The van der Waals surface area contributed by atoms with Crippen LogP contribution in [0, 0.1) is 11.8 Å². The molecule has 1 amide bonds. The van der Waals surface area contributed by atoms with Crippen LogP contribution in [-0.4, -0.2) is 41.1 Å². The number of nitrogens with zero attached hydrogens (tertiary/aromatic N) is 1. The SMILES string of the molecule is O=C1Nc2ccccc2CCC1N1CC2CCC(O)C2C1. The molecule has 112 valence electrons. The number of hydrogen-bond acceptors (Lipinski definition) is 3. The molecule has 1 aromatic rings. The number of likely N-dealkylation sites (tertiary alicyclic amines) is 1. The van der Waals surface area contributed by atoms with E-state index in [9.17, 15) is 9.90 Å². The van der Waals surface area contributed by atoms with Crippen LogP contribution in [-0.2, 0) is 11.2 Å². The molecule has 2 N–H and O–H groups in total. The van der Waals surface area contributed by atoms with Gasteiger partial charge in [0, 0.05) is 24.7 Å². The van der Waals surface area contributed by atoms with Gasteiger partial charge in [-0.1, -0.05) is 18.2 Å². The van der Waals surface area contributed by atoms with Crippen molar-refractivity contribution in [2.45, 2.75) is 37.8 Å². The highest BCUT2D eigenvalue weighted by Gasteiger charge is 2.45. The number of hydrogen-bond donors (Lipinski definition) is 2. The number of rotatable bonds is 1. The zero-order valence-electron chi connectivity index (χ0n) is 12.2. The fraction of sp³-hybridized carbons (Fsp3) is 0.588. The van der Waals surface area contributed by atoms with Gasteiger partial charge in [0.1, 0.15) is 0 Å². The van der Waals surface area contributed by atoms with Crippen molar-refractivity contribution in [2.24, 2.45) is 11.8 Å². The number of fused-ring (bicyclic) bond motifs is 2. The summed E-state index contributed by atoms with van der Waals surface area (Å²) in [6.45, 7) is 1.84. The first-order chi connectivity index (χ1) is 10.2. The van der Waals surface area contributed by atoms with E-state index < -0.39 is 0 Å². The van der Waals surface area contributed by atoms with Gasteiger partial charge in [0.25, 0.3) is 0 Å². The number of aryl methyl sites for hydroxylation is 1. The van der Waals surface area contributed by atoms with E-state index >= 15 is 0 Å². The van der Waals surface area contributed by atoms with Crippen molar-refractivity contribution in [3.05, 3.63) is 29.8 Å². The second-order valence-corrected chi connectivity index (χ2v) is 6.72. The van der Waals surface area contributed by atoms with Gasteiger partial charge in [0.2, 0.25) is 5.91 Å². The van der Waals surface area contributed by atoms with Crippen molar-refractivity contribution in [2.75, 3.05) is 18.4 Å². The molecule has 1 saturated carbocycles. The smallest absolute Gasteiger partial charge is 0.241 e. The van der Waals surface area contributed by atoms with Gasteiger partial charge in [-0.05, 0) is 43.2 Å². The highest BCUT2D eigenvalue weighted by atomic mass is 16.3. The lowest BCUT2D eigenvalue weighted by atomic mass is 10.00. The monoisotopic (exact) mass is 286 g/mol. The molecule has 4 nitrogen and oxygen atoms in total. The van der Waals surface area contributed by atoms with Crippen LogP contribution >= 0.6 is 0 Å². The number of carbonyl (C=O) groups excluding carboxylic acids is 1. The molecule has 2 aliphatic heterocycles. The minimum Gasteiger partial charge on any atom is -0.393 e. The highest BCUT2D eigenvalue weighted by molar-refractivity contribution is 5.96. The number of carbonyl (C=O) groups is 1. The third-order valence-corrected chi connectivity index (χ3v) is 5.55. The molecule has 1 aromatic carbocycles. The predicted molar refractivity (Wildman–Crippen MR) is 81.0 cm³/mol. The number of aliphatic hydroxyl groups excluding tert-OH is 1. The van der Waals surface area contributed by atoms with Crippen LogP contribution in [0.5, 0.6) is 0 Å². The summed E-state index contributed by atoms with van der Waals surface area (Å²) in [6.07, 6.45) is 3.69. The first kappa shape index (κ1) is 13.3. The Morgan fingerprint density at radius 3 is 2.86 bits per heavy atom. The third kappa shape index (κ3) is 2.27. The Labute approximate surface area is 125 Å². The molecule has 0 bridgehead atoms. The molecule has 2 fully saturated rings. The molecule has 0 radical (unpaired) electrons. The molecule has 4 unspecified atom stereocenters. The van der Waals surface area contributed by atoms with Crippen LogP contribution < -0.4 is 5.32 Å². The standard InChI is InChI=1S/C17H22N2O2/c20-16-8-6-12-9-19(10-13(12)16)15-7-5-11-3-1-2-4-14(11)18-17(15)21/h1-4,12-13,15-16,20H,5-10H2,(H,18,21). The Hall–Kier alpha value is -1.39. The number of aliphatic hydroxyl groups is 1. The fourth-order valence-electron chi connectivity index (χ4n) is 4.37. The Morgan fingerprint density at radius 1 is 1.14 bits per heavy atom. The molecular weight excluding hydrogens is 264 g/mol. The Balaban J connectivity index is 1.51. The van der Waals surface area contributed by atoms with Crippen molar-refractivity contribution in [1.29, 1.82) is 0 Å². The van der Waals surface area contributed by atoms with E-state index in [-0.39, 0.29) is 18.1 Å². The lowest BCUT2D eigenvalue weighted by Gasteiger charge is -2.26. The number of amides is 1. The first-order valence-electron chi connectivity index (χ1n) is 8.03. The topological polar surface area (TPSA) is 52.6 Å². The molecule has 4 rings (SSSR count). The fourth-order valence-corrected chi connectivity index (χ4v) is 4.37. The van der Waals surface area contributed by atoms with E-state index in [2.05, 4.69) is 16.3 Å². The summed E-state index contributed by atoms with van der Waals surface area (Å²) in [6, 6.07) is 8.03. The van der Waals surface area contributed by atoms with Gasteiger partial charge < -0.3 is 10.4 Å². The second-order valence-electron chi connectivity index (χ2n) is 6.72. The molecule has 4 heteroatoms. The number of anilines is 1. The molecule has 1 aliphatic carbocycles. The van der Waals surface area contributed by atoms with Gasteiger partial charge in [0.05, 0.1) is 12.1 Å². The zero-order valence-corrected chi connectivity index (χ0v) is 12.2. The summed E-state index contributed by atoms with van der Waals surface area (Å²) in [5, 5.41) is 13.1. The molecule has 21 heavy (non-hydrogen) atoms. The molecule has 1 saturated heterocycles. The highest BCUT2D eigenvalue weighted by Crippen LogP contribution is 2.39. The maximum atomic E-state index is 12.5. The Morgan fingerprint density at radius 2 is 2.00 bits per heavy atom. The van der Waals surface area contributed by atoms with Crippen molar-refractivity contribution in [3.63, 3.8) is 0 Å².